The Hall–Kier alpha value is -0.410. The second-order valence-electron chi connectivity index (χ2n) is 6.53. The highest BCUT2D eigenvalue weighted by molar-refractivity contribution is 14.0. The number of thiazole rings is 1. The Labute approximate surface area is 175 Å². The molecule has 0 aromatic carbocycles. The minimum atomic E-state index is 0. The zero-order valence-corrected chi connectivity index (χ0v) is 19.8. The van der Waals surface area contributed by atoms with E-state index >= 15 is 0 Å². The fraction of sp³-hybridized carbons (Fsp3) is 0.778. The number of hydrogen-bond acceptors (Lipinski definition) is 4. The third-order valence-corrected chi connectivity index (χ3v) is 5.22. The van der Waals surface area contributed by atoms with Gasteiger partial charge in [0.15, 0.2) is 5.96 Å². The lowest BCUT2D eigenvalue weighted by molar-refractivity contribution is 0.173. The number of nitrogens with zero attached hydrogens (tertiary/aromatic N) is 3. The van der Waals surface area contributed by atoms with Crippen LogP contribution in [0.2, 0.25) is 0 Å². The standard InChI is InChI=1S/C18H35N5S.HI/c1-7-16-13-22-17(24-16)9-11-21-18(19-6)20-10-8-12-23(14(2)3)15(4)5;/h13-15H,7-12H2,1-6H3,(H2,19,20,21);1H. The molecule has 1 aromatic rings. The maximum atomic E-state index is 4.45. The number of nitrogens with one attached hydrogen (secondary N) is 2. The van der Waals surface area contributed by atoms with Crippen LogP contribution in [0.4, 0.5) is 0 Å². The summed E-state index contributed by atoms with van der Waals surface area (Å²) < 4.78 is 0. The van der Waals surface area contributed by atoms with Crippen LogP contribution in [0.15, 0.2) is 11.2 Å². The van der Waals surface area contributed by atoms with Crippen molar-refractivity contribution in [3.63, 3.8) is 0 Å². The van der Waals surface area contributed by atoms with Crippen LogP contribution in [0.1, 0.15) is 50.9 Å². The van der Waals surface area contributed by atoms with E-state index in [9.17, 15) is 0 Å². The molecule has 0 radical (unpaired) electrons. The van der Waals surface area contributed by atoms with E-state index in [4.69, 9.17) is 0 Å². The number of halogens is 1. The van der Waals surface area contributed by atoms with E-state index in [1.54, 1.807) is 11.3 Å². The average Bonchev–Trinajstić information content (AvgIpc) is 3.00. The molecule has 0 saturated heterocycles. The third-order valence-electron chi connectivity index (χ3n) is 4.02. The molecule has 0 aliphatic rings. The molecule has 0 aliphatic carbocycles. The van der Waals surface area contributed by atoms with Gasteiger partial charge in [-0.3, -0.25) is 9.89 Å². The molecular formula is C18H36IN5S. The van der Waals surface area contributed by atoms with Gasteiger partial charge in [-0.15, -0.1) is 35.3 Å². The molecule has 1 rings (SSSR count). The van der Waals surface area contributed by atoms with Crippen LogP contribution in [0.5, 0.6) is 0 Å². The lowest BCUT2D eigenvalue weighted by Crippen LogP contribution is -2.41. The minimum absolute atomic E-state index is 0. The Kier molecular flexibility index (Phi) is 13.5. The molecule has 2 N–H and O–H groups in total. The van der Waals surface area contributed by atoms with Gasteiger partial charge in [0, 0.05) is 56.3 Å². The average molecular weight is 481 g/mol. The number of aryl methyl sites for hydroxylation is 1. The summed E-state index contributed by atoms with van der Waals surface area (Å²) in [6, 6.07) is 1.18. The number of guanidine groups is 1. The van der Waals surface area contributed by atoms with Crippen LogP contribution in [-0.4, -0.2) is 54.6 Å². The first-order chi connectivity index (χ1) is 11.5. The molecule has 1 heterocycles. The molecule has 25 heavy (non-hydrogen) atoms. The second-order valence-corrected chi connectivity index (χ2v) is 7.73. The fourth-order valence-corrected chi connectivity index (χ4v) is 3.58. The molecular weight excluding hydrogens is 445 g/mol. The quantitative estimate of drug-likeness (QED) is 0.232. The zero-order valence-electron chi connectivity index (χ0n) is 16.6. The Balaban J connectivity index is 0.00000576. The molecule has 0 fully saturated rings. The molecule has 0 spiro atoms. The van der Waals surface area contributed by atoms with Gasteiger partial charge in [-0.05, 0) is 40.5 Å². The van der Waals surface area contributed by atoms with Crippen LogP contribution in [0.3, 0.4) is 0 Å². The highest BCUT2D eigenvalue weighted by Crippen LogP contribution is 2.13. The highest BCUT2D eigenvalue weighted by Gasteiger charge is 2.12. The van der Waals surface area contributed by atoms with Gasteiger partial charge in [-0.25, -0.2) is 4.98 Å². The second kappa shape index (κ2) is 13.7. The number of aliphatic imine (C=N–C) groups is 1. The molecule has 0 atom stereocenters. The van der Waals surface area contributed by atoms with E-state index < -0.39 is 0 Å². The van der Waals surface area contributed by atoms with Crippen LogP contribution in [-0.2, 0) is 12.8 Å². The van der Waals surface area contributed by atoms with Gasteiger partial charge < -0.3 is 10.6 Å². The largest absolute Gasteiger partial charge is 0.356 e. The van der Waals surface area contributed by atoms with Crippen molar-refractivity contribution in [1.29, 1.82) is 0 Å². The van der Waals surface area contributed by atoms with Crippen molar-refractivity contribution in [1.82, 2.24) is 20.5 Å². The molecule has 0 unspecified atom stereocenters. The van der Waals surface area contributed by atoms with Crippen LogP contribution in [0.25, 0.3) is 0 Å². The monoisotopic (exact) mass is 481 g/mol. The van der Waals surface area contributed by atoms with Gasteiger partial charge in [0.2, 0.25) is 0 Å². The van der Waals surface area contributed by atoms with Crippen molar-refractivity contribution < 1.29 is 0 Å². The summed E-state index contributed by atoms with van der Waals surface area (Å²) in [5, 5.41) is 7.97. The summed E-state index contributed by atoms with van der Waals surface area (Å²) in [5.74, 6) is 0.878. The maximum absolute atomic E-state index is 4.45. The first-order valence-electron chi connectivity index (χ1n) is 9.11. The highest BCUT2D eigenvalue weighted by atomic mass is 127. The molecule has 5 nitrogen and oxygen atoms in total. The summed E-state index contributed by atoms with van der Waals surface area (Å²) in [6.45, 7) is 14.1. The zero-order chi connectivity index (χ0) is 17.9. The van der Waals surface area contributed by atoms with Gasteiger partial charge in [0.25, 0.3) is 0 Å². The van der Waals surface area contributed by atoms with Crippen LogP contribution >= 0.6 is 35.3 Å². The first-order valence-corrected chi connectivity index (χ1v) is 9.93. The topological polar surface area (TPSA) is 52.6 Å². The van der Waals surface area contributed by atoms with E-state index in [0.717, 1.165) is 44.9 Å². The molecule has 7 heteroatoms. The summed E-state index contributed by atoms with van der Waals surface area (Å²) in [5.41, 5.74) is 0. The van der Waals surface area contributed by atoms with Gasteiger partial charge in [0.05, 0.1) is 5.01 Å². The van der Waals surface area contributed by atoms with E-state index in [0.29, 0.717) is 12.1 Å². The molecule has 0 aliphatic heterocycles. The summed E-state index contributed by atoms with van der Waals surface area (Å²) >= 11 is 1.81. The van der Waals surface area contributed by atoms with Crippen molar-refractivity contribution >= 4 is 41.3 Å². The Morgan fingerprint density at radius 2 is 1.84 bits per heavy atom. The molecule has 0 amide bonds. The summed E-state index contributed by atoms with van der Waals surface area (Å²) in [7, 11) is 1.82. The number of hydrogen-bond donors (Lipinski definition) is 2. The molecule has 146 valence electrons. The normalized spacial score (nSPS) is 12.0. The Morgan fingerprint density at radius 1 is 1.20 bits per heavy atom. The predicted octanol–water partition coefficient (Wildman–Crippen LogP) is 3.54. The number of aromatic nitrogens is 1. The third kappa shape index (κ3) is 9.75. The van der Waals surface area contributed by atoms with E-state index in [-0.39, 0.29) is 24.0 Å². The summed E-state index contributed by atoms with van der Waals surface area (Å²) in [6.07, 6.45) is 5.11. The Morgan fingerprint density at radius 3 is 2.36 bits per heavy atom. The van der Waals surface area contributed by atoms with Gasteiger partial charge in [0.1, 0.15) is 0 Å². The van der Waals surface area contributed by atoms with Crippen LogP contribution < -0.4 is 10.6 Å². The summed E-state index contributed by atoms with van der Waals surface area (Å²) in [4.78, 5) is 12.6. The predicted molar refractivity (Wildman–Crippen MR) is 122 cm³/mol. The van der Waals surface area contributed by atoms with E-state index in [2.05, 4.69) is 60.1 Å². The van der Waals surface area contributed by atoms with Crippen molar-refractivity contribution in [3.05, 3.63) is 16.1 Å². The van der Waals surface area contributed by atoms with Crippen molar-refractivity contribution in [2.24, 2.45) is 4.99 Å². The molecule has 0 bridgehead atoms. The maximum Gasteiger partial charge on any atom is 0.190 e. The molecule has 0 saturated carbocycles. The Bertz CT molecular complexity index is 480. The van der Waals surface area contributed by atoms with Gasteiger partial charge >= 0.3 is 0 Å². The smallest absolute Gasteiger partial charge is 0.190 e. The van der Waals surface area contributed by atoms with Crippen molar-refractivity contribution in [2.75, 3.05) is 26.7 Å². The van der Waals surface area contributed by atoms with Crippen molar-refractivity contribution in [2.45, 2.75) is 66.0 Å². The van der Waals surface area contributed by atoms with E-state index in [1.807, 2.05) is 13.2 Å². The van der Waals surface area contributed by atoms with E-state index in [1.165, 1.54) is 9.88 Å². The SMILES string of the molecule is CCc1cnc(CCNC(=NC)NCCCN(C(C)C)C(C)C)s1.I. The minimum Gasteiger partial charge on any atom is -0.356 e. The molecule has 1 aromatic heterocycles. The lowest BCUT2D eigenvalue weighted by Gasteiger charge is -2.30. The van der Waals surface area contributed by atoms with Gasteiger partial charge in [-0.2, -0.15) is 0 Å². The fourth-order valence-electron chi connectivity index (χ4n) is 2.72. The van der Waals surface area contributed by atoms with Gasteiger partial charge in [-0.1, -0.05) is 6.92 Å². The number of rotatable bonds is 10. The lowest BCUT2D eigenvalue weighted by atomic mass is 10.2. The van der Waals surface area contributed by atoms with Crippen LogP contribution in [0, 0.1) is 0 Å². The van der Waals surface area contributed by atoms with Crippen molar-refractivity contribution in [3.8, 4) is 0 Å². The first kappa shape index (κ1) is 24.6.